The Morgan fingerprint density at radius 2 is 2.18 bits per heavy atom. The average molecular weight is 230 g/mol. The van der Waals surface area contributed by atoms with Gasteiger partial charge in [0.1, 0.15) is 0 Å². The highest BCUT2D eigenvalue weighted by molar-refractivity contribution is 5.34. The zero-order chi connectivity index (χ0) is 11.7. The van der Waals surface area contributed by atoms with Crippen LogP contribution in [-0.4, -0.2) is 17.5 Å². The average Bonchev–Trinajstić information content (AvgIpc) is 2.96. The number of hydrogen-bond donors (Lipinski definition) is 1. The molecule has 1 fully saturated rings. The van der Waals surface area contributed by atoms with Crippen LogP contribution in [0.25, 0.3) is 0 Å². The van der Waals surface area contributed by atoms with Gasteiger partial charge in [-0.05, 0) is 42.5 Å². The van der Waals surface area contributed by atoms with E-state index in [2.05, 4.69) is 35.3 Å². The minimum absolute atomic E-state index is 0.821. The number of fused-ring (bicyclic) bond motifs is 1. The predicted octanol–water partition coefficient (Wildman–Crippen LogP) is 2.66. The van der Waals surface area contributed by atoms with Crippen molar-refractivity contribution in [2.24, 2.45) is 0 Å². The lowest BCUT2D eigenvalue weighted by Gasteiger charge is -2.23. The molecule has 1 unspecified atom stereocenters. The molecule has 17 heavy (non-hydrogen) atoms. The molecule has 1 atom stereocenters. The SMILES string of the molecule is CCC1CCCN1Cc1ccc2c(c1)CNC2. The summed E-state index contributed by atoms with van der Waals surface area (Å²) in [6, 6.07) is 7.85. The van der Waals surface area contributed by atoms with Crippen molar-refractivity contribution >= 4 is 0 Å². The van der Waals surface area contributed by atoms with E-state index in [0.717, 1.165) is 25.7 Å². The number of hydrogen-bond acceptors (Lipinski definition) is 2. The molecule has 2 nitrogen and oxygen atoms in total. The van der Waals surface area contributed by atoms with E-state index in [1.54, 1.807) is 0 Å². The molecule has 2 heterocycles. The van der Waals surface area contributed by atoms with E-state index in [4.69, 9.17) is 0 Å². The Labute approximate surface area is 104 Å². The summed E-state index contributed by atoms with van der Waals surface area (Å²) >= 11 is 0. The largest absolute Gasteiger partial charge is 0.309 e. The van der Waals surface area contributed by atoms with Crippen molar-refractivity contribution in [1.29, 1.82) is 0 Å². The second kappa shape index (κ2) is 4.79. The van der Waals surface area contributed by atoms with Gasteiger partial charge in [0.15, 0.2) is 0 Å². The van der Waals surface area contributed by atoms with Crippen LogP contribution in [-0.2, 0) is 19.6 Å². The van der Waals surface area contributed by atoms with E-state index in [-0.39, 0.29) is 0 Å². The first kappa shape index (κ1) is 11.2. The first-order valence-corrected chi connectivity index (χ1v) is 6.92. The highest BCUT2D eigenvalue weighted by Gasteiger charge is 2.22. The van der Waals surface area contributed by atoms with Crippen LogP contribution in [0, 0.1) is 0 Å². The van der Waals surface area contributed by atoms with Crippen molar-refractivity contribution < 1.29 is 0 Å². The lowest BCUT2D eigenvalue weighted by atomic mass is 10.1. The van der Waals surface area contributed by atoms with Crippen LogP contribution in [0.2, 0.25) is 0 Å². The van der Waals surface area contributed by atoms with Crippen molar-refractivity contribution in [2.45, 2.75) is 51.9 Å². The van der Waals surface area contributed by atoms with Gasteiger partial charge < -0.3 is 5.32 Å². The molecule has 1 aromatic carbocycles. The van der Waals surface area contributed by atoms with E-state index in [1.165, 1.54) is 42.5 Å². The molecular formula is C15H22N2. The van der Waals surface area contributed by atoms with Crippen molar-refractivity contribution in [3.8, 4) is 0 Å². The topological polar surface area (TPSA) is 15.3 Å². The van der Waals surface area contributed by atoms with Gasteiger partial charge >= 0.3 is 0 Å². The summed E-state index contributed by atoms with van der Waals surface area (Å²) in [4.78, 5) is 2.66. The van der Waals surface area contributed by atoms with E-state index >= 15 is 0 Å². The first-order valence-electron chi connectivity index (χ1n) is 6.92. The van der Waals surface area contributed by atoms with Crippen LogP contribution in [0.3, 0.4) is 0 Å². The van der Waals surface area contributed by atoms with Crippen molar-refractivity contribution in [3.63, 3.8) is 0 Å². The maximum Gasteiger partial charge on any atom is 0.0236 e. The van der Waals surface area contributed by atoms with Crippen LogP contribution in [0.1, 0.15) is 42.9 Å². The van der Waals surface area contributed by atoms with E-state index in [1.807, 2.05) is 0 Å². The molecule has 0 saturated carbocycles. The maximum atomic E-state index is 3.41. The molecule has 92 valence electrons. The molecule has 2 aliphatic rings. The Morgan fingerprint density at radius 1 is 1.29 bits per heavy atom. The second-order valence-electron chi connectivity index (χ2n) is 5.38. The summed E-state index contributed by atoms with van der Waals surface area (Å²) < 4.78 is 0. The quantitative estimate of drug-likeness (QED) is 0.859. The Hall–Kier alpha value is -0.860. The summed E-state index contributed by atoms with van der Waals surface area (Å²) in [7, 11) is 0. The zero-order valence-electron chi connectivity index (χ0n) is 10.7. The van der Waals surface area contributed by atoms with Gasteiger partial charge in [0.2, 0.25) is 0 Å². The van der Waals surface area contributed by atoms with Gasteiger partial charge in [0.05, 0.1) is 0 Å². The molecule has 0 spiro atoms. The third kappa shape index (κ3) is 2.24. The van der Waals surface area contributed by atoms with Crippen molar-refractivity contribution in [3.05, 3.63) is 34.9 Å². The van der Waals surface area contributed by atoms with Gasteiger partial charge in [-0.2, -0.15) is 0 Å². The number of likely N-dealkylation sites (tertiary alicyclic amines) is 1. The van der Waals surface area contributed by atoms with E-state index < -0.39 is 0 Å². The highest BCUT2D eigenvalue weighted by atomic mass is 15.2. The highest BCUT2D eigenvalue weighted by Crippen LogP contribution is 2.24. The van der Waals surface area contributed by atoms with Gasteiger partial charge in [-0.1, -0.05) is 25.1 Å². The van der Waals surface area contributed by atoms with E-state index in [0.29, 0.717) is 0 Å². The van der Waals surface area contributed by atoms with Crippen LogP contribution >= 0.6 is 0 Å². The Morgan fingerprint density at radius 3 is 3.06 bits per heavy atom. The summed E-state index contributed by atoms with van der Waals surface area (Å²) in [5.41, 5.74) is 4.49. The lowest BCUT2D eigenvalue weighted by Crippen LogP contribution is -2.28. The Bertz CT molecular complexity index is 400. The molecule has 3 rings (SSSR count). The molecule has 2 aliphatic heterocycles. The monoisotopic (exact) mass is 230 g/mol. The first-order chi connectivity index (χ1) is 8.36. The predicted molar refractivity (Wildman–Crippen MR) is 70.7 cm³/mol. The summed E-state index contributed by atoms with van der Waals surface area (Å²) in [5, 5.41) is 3.41. The standard InChI is InChI=1S/C15H22N2/c1-2-15-4-3-7-17(15)11-12-5-6-13-9-16-10-14(13)8-12/h5-6,8,15-16H,2-4,7,9-11H2,1H3. The lowest BCUT2D eigenvalue weighted by molar-refractivity contribution is 0.240. The van der Waals surface area contributed by atoms with Gasteiger partial charge in [-0.25, -0.2) is 0 Å². The molecule has 2 heteroatoms. The molecule has 1 aromatic rings. The van der Waals surface area contributed by atoms with E-state index in [9.17, 15) is 0 Å². The summed E-state index contributed by atoms with van der Waals surface area (Å²) in [5.74, 6) is 0. The van der Waals surface area contributed by atoms with Crippen LogP contribution in [0.4, 0.5) is 0 Å². The van der Waals surface area contributed by atoms with Gasteiger partial charge in [-0.15, -0.1) is 0 Å². The van der Waals surface area contributed by atoms with Crippen molar-refractivity contribution in [1.82, 2.24) is 10.2 Å². The number of nitrogens with zero attached hydrogens (tertiary/aromatic N) is 1. The molecule has 0 radical (unpaired) electrons. The fourth-order valence-electron chi connectivity index (χ4n) is 3.25. The Kier molecular flexibility index (Phi) is 3.17. The number of benzene rings is 1. The third-order valence-electron chi connectivity index (χ3n) is 4.26. The molecular weight excluding hydrogens is 208 g/mol. The minimum atomic E-state index is 0.821. The molecule has 1 saturated heterocycles. The zero-order valence-corrected chi connectivity index (χ0v) is 10.7. The molecule has 0 bridgehead atoms. The van der Waals surface area contributed by atoms with Gasteiger partial charge in [0.25, 0.3) is 0 Å². The number of rotatable bonds is 3. The van der Waals surface area contributed by atoms with Crippen molar-refractivity contribution in [2.75, 3.05) is 6.54 Å². The van der Waals surface area contributed by atoms with Gasteiger partial charge in [-0.3, -0.25) is 4.90 Å². The summed E-state index contributed by atoms with van der Waals surface area (Å²) in [6.45, 7) is 6.85. The minimum Gasteiger partial charge on any atom is -0.309 e. The second-order valence-corrected chi connectivity index (χ2v) is 5.38. The Balaban J connectivity index is 1.72. The van der Waals surface area contributed by atoms with Crippen LogP contribution in [0.15, 0.2) is 18.2 Å². The third-order valence-corrected chi connectivity index (χ3v) is 4.26. The fraction of sp³-hybridized carbons (Fsp3) is 0.600. The molecule has 1 N–H and O–H groups in total. The van der Waals surface area contributed by atoms with Gasteiger partial charge in [0, 0.05) is 25.7 Å². The fourth-order valence-corrected chi connectivity index (χ4v) is 3.25. The summed E-state index contributed by atoms with van der Waals surface area (Å²) in [6.07, 6.45) is 4.07. The maximum absolute atomic E-state index is 3.41. The smallest absolute Gasteiger partial charge is 0.0236 e. The van der Waals surface area contributed by atoms with Crippen LogP contribution < -0.4 is 5.32 Å². The molecule has 0 aliphatic carbocycles. The molecule has 0 amide bonds. The molecule has 0 aromatic heterocycles. The van der Waals surface area contributed by atoms with Crippen LogP contribution in [0.5, 0.6) is 0 Å². The number of nitrogens with one attached hydrogen (secondary N) is 1. The normalized spacial score (nSPS) is 24.2.